The second kappa shape index (κ2) is 10.9. The Morgan fingerprint density at radius 1 is 1.27 bits per heavy atom. The Morgan fingerprint density at radius 3 is 2.60 bits per heavy atom. The van der Waals surface area contributed by atoms with Gasteiger partial charge in [-0.05, 0) is 38.8 Å². The van der Waals surface area contributed by atoms with E-state index in [2.05, 4.69) is 77.6 Å². The highest BCUT2D eigenvalue weighted by atomic mass is 32.1. The molecule has 7 heteroatoms. The Kier molecular flexibility index (Phi) is 8.24. The third kappa shape index (κ3) is 6.52. The maximum atomic E-state index is 5.89. The molecule has 2 heterocycles. The van der Waals surface area contributed by atoms with Crippen LogP contribution in [0.3, 0.4) is 0 Å². The first-order valence-corrected chi connectivity index (χ1v) is 11.7. The summed E-state index contributed by atoms with van der Waals surface area (Å²) in [4.78, 5) is 14.1. The Morgan fingerprint density at radius 2 is 1.97 bits per heavy atom. The van der Waals surface area contributed by atoms with Crippen LogP contribution in [0.2, 0.25) is 0 Å². The normalized spacial score (nSPS) is 20.4. The molecule has 0 aliphatic carbocycles. The molecule has 0 spiro atoms. The van der Waals surface area contributed by atoms with Crippen LogP contribution in [0.5, 0.6) is 0 Å². The summed E-state index contributed by atoms with van der Waals surface area (Å²) in [5, 5.41) is 6.63. The number of aryl methyl sites for hydroxylation is 1. The lowest BCUT2D eigenvalue weighted by atomic mass is 10.1. The predicted octanol–water partition coefficient (Wildman–Crippen LogP) is 3.66. The number of hydrogen-bond donors (Lipinski definition) is 1. The minimum Gasteiger partial charge on any atom is -0.373 e. The molecule has 1 aromatic carbocycles. The molecule has 1 fully saturated rings. The quantitative estimate of drug-likeness (QED) is 0.538. The molecule has 30 heavy (non-hydrogen) atoms. The van der Waals surface area contributed by atoms with E-state index >= 15 is 0 Å². The van der Waals surface area contributed by atoms with Gasteiger partial charge in [0.1, 0.15) is 0 Å². The first-order valence-electron chi connectivity index (χ1n) is 10.8. The second-order valence-corrected chi connectivity index (χ2v) is 9.17. The third-order valence-corrected chi connectivity index (χ3v) is 5.99. The summed E-state index contributed by atoms with van der Waals surface area (Å²) in [7, 11) is 2.07. The molecule has 2 atom stereocenters. The molecule has 0 amide bonds. The van der Waals surface area contributed by atoms with E-state index < -0.39 is 0 Å². The van der Waals surface area contributed by atoms with E-state index in [1.807, 2.05) is 6.92 Å². The van der Waals surface area contributed by atoms with E-state index in [0.717, 1.165) is 49.4 Å². The maximum Gasteiger partial charge on any atom is 0.194 e. The van der Waals surface area contributed by atoms with Crippen molar-refractivity contribution >= 4 is 17.3 Å². The fourth-order valence-corrected chi connectivity index (χ4v) is 4.55. The van der Waals surface area contributed by atoms with Gasteiger partial charge in [0, 0.05) is 38.6 Å². The Balaban J connectivity index is 1.69. The Labute approximate surface area is 185 Å². The number of morpholine rings is 1. The summed E-state index contributed by atoms with van der Waals surface area (Å²) in [6, 6.07) is 8.65. The van der Waals surface area contributed by atoms with Crippen LogP contribution in [0, 0.1) is 6.92 Å². The minimum absolute atomic E-state index is 0.280. The van der Waals surface area contributed by atoms with Gasteiger partial charge in [0.15, 0.2) is 5.96 Å². The fraction of sp³-hybridized carbons (Fsp3) is 0.565. The summed E-state index contributed by atoms with van der Waals surface area (Å²) in [6.07, 6.45) is 0.560. The van der Waals surface area contributed by atoms with Crippen LogP contribution in [0.15, 0.2) is 34.6 Å². The average molecular weight is 430 g/mol. The molecular formula is C23H35N5OS. The lowest BCUT2D eigenvalue weighted by Crippen LogP contribution is -2.44. The van der Waals surface area contributed by atoms with Gasteiger partial charge in [0.2, 0.25) is 0 Å². The van der Waals surface area contributed by atoms with Gasteiger partial charge < -0.3 is 15.0 Å². The van der Waals surface area contributed by atoms with Gasteiger partial charge in [-0.1, -0.05) is 24.3 Å². The summed E-state index contributed by atoms with van der Waals surface area (Å²) in [6.45, 7) is 13.6. The number of guanidine groups is 1. The van der Waals surface area contributed by atoms with Gasteiger partial charge in [-0.2, -0.15) is 0 Å². The minimum atomic E-state index is 0.280. The van der Waals surface area contributed by atoms with E-state index in [4.69, 9.17) is 9.73 Å². The van der Waals surface area contributed by atoms with Crippen LogP contribution in [-0.4, -0.2) is 59.6 Å². The van der Waals surface area contributed by atoms with Crippen molar-refractivity contribution in [3.05, 3.63) is 51.5 Å². The second-order valence-electron chi connectivity index (χ2n) is 8.10. The van der Waals surface area contributed by atoms with Crippen molar-refractivity contribution in [2.75, 3.05) is 26.7 Å². The van der Waals surface area contributed by atoms with E-state index in [9.17, 15) is 0 Å². The zero-order chi connectivity index (χ0) is 21.5. The van der Waals surface area contributed by atoms with Crippen molar-refractivity contribution in [1.82, 2.24) is 20.1 Å². The molecule has 1 N–H and O–H groups in total. The van der Waals surface area contributed by atoms with Gasteiger partial charge >= 0.3 is 0 Å². The number of hydrogen-bond acceptors (Lipinski definition) is 5. The molecule has 1 saturated heterocycles. The number of thiazole rings is 1. The number of benzene rings is 1. The summed E-state index contributed by atoms with van der Waals surface area (Å²) < 4.78 is 5.89. The Bertz CT molecular complexity index is 827. The molecule has 3 rings (SSSR count). The number of nitrogens with one attached hydrogen (secondary N) is 1. The van der Waals surface area contributed by atoms with Crippen LogP contribution < -0.4 is 5.32 Å². The summed E-state index contributed by atoms with van der Waals surface area (Å²) in [5.74, 6) is 0.909. The standard InChI is InChI=1S/C23H35N5OS/c1-6-24-23(27(5)15-22-16-30-19(4)26-22)25-11-20-9-7-8-10-21(20)14-28-12-17(2)29-18(3)13-28/h7-10,16-18H,6,11-15H2,1-5H3,(H,24,25). The monoisotopic (exact) mass is 429 g/mol. The number of aliphatic imine (C=N–C) groups is 1. The molecule has 0 saturated carbocycles. The SMILES string of the molecule is CCNC(=NCc1ccccc1CN1CC(C)OC(C)C1)N(C)Cc1csc(C)n1. The zero-order valence-electron chi connectivity index (χ0n) is 18.9. The number of nitrogens with zero attached hydrogens (tertiary/aromatic N) is 4. The van der Waals surface area contributed by atoms with Crippen molar-refractivity contribution < 1.29 is 4.74 Å². The Hall–Kier alpha value is -1.96. The van der Waals surface area contributed by atoms with E-state index in [1.54, 1.807) is 11.3 Å². The predicted molar refractivity (Wildman–Crippen MR) is 125 cm³/mol. The van der Waals surface area contributed by atoms with Crippen LogP contribution >= 0.6 is 11.3 Å². The highest BCUT2D eigenvalue weighted by Gasteiger charge is 2.22. The first-order chi connectivity index (χ1) is 14.4. The van der Waals surface area contributed by atoms with Gasteiger partial charge in [0.25, 0.3) is 0 Å². The van der Waals surface area contributed by atoms with Crippen LogP contribution in [0.1, 0.15) is 42.6 Å². The number of rotatable bonds is 7. The van der Waals surface area contributed by atoms with E-state index in [1.165, 1.54) is 11.1 Å². The van der Waals surface area contributed by atoms with Crippen molar-refractivity contribution in [3.63, 3.8) is 0 Å². The van der Waals surface area contributed by atoms with Crippen molar-refractivity contribution in [1.29, 1.82) is 0 Å². The van der Waals surface area contributed by atoms with E-state index in [0.29, 0.717) is 6.54 Å². The van der Waals surface area contributed by atoms with Crippen LogP contribution in [0.25, 0.3) is 0 Å². The highest BCUT2D eigenvalue weighted by Crippen LogP contribution is 2.18. The molecule has 1 aliphatic heterocycles. The van der Waals surface area contributed by atoms with Crippen LogP contribution in [0.4, 0.5) is 0 Å². The third-order valence-electron chi connectivity index (χ3n) is 5.17. The van der Waals surface area contributed by atoms with Crippen molar-refractivity contribution in [2.24, 2.45) is 4.99 Å². The van der Waals surface area contributed by atoms with Gasteiger partial charge in [-0.15, -0.1) is 11.3 Å². The first kappa shape index (κ1) is 22.7. The van der Waals surface area contributed by atoms with Gasteiger partial charge in [-0.25, -0.2) is 9.98 Å². The molecule has 0 bridgehead atoms. The molecule has 164 valence electrons. The highest BCUT2D eigenvalue weighted by molar-refractivity contribution is 7.09. The topological polar surface area (TPSA) is 53.0 Å². The molecule has 1 aromatic heterocycles. The molecule has 6 nitrogen and oxygen atoms in total. The molecular weight excluding hydrogens is 394 g/mol. The van der Waals surface area contributed by atoms with Crippen molar-refractivity contribution in [3.8, 4) is 0 Å². The lowest BCUT2D eigenvalue weighted by molar-refractivity contribution is -0.0705. The van der Waals surface area contributed by atoms with Gasteiger partial charge in [0.05, 0.1) is 36.0 Å². The van der Waals surface area contributed by atoms with Gasteiger partial charge in [-0.3, -0.25) is 4.90 Å². The zero-order valence-corrected chi connectivity index (χ0v) is 19.7. The fourth-order valence-electron chi connectivity index (χ4n) is 3.95. The molecule has 1 aliphatic rings. The maximum absolute atomic E-state index is 5.89. The van der Waals surface area contributed by atoms with Crippen LogP contribution in [-0.2, 0) is 24.4 Å². The lowest BCUT2D eigenvalue weighted by Gasteiger charge is -2.35. The molecule has 0 radical (unpaired) electrons. The largest absolute Gasteiger partial charge is 0.373 e. The number of ether oxygens (including phenoxy) is 1. The number of aromatic nitrogens is 1. The van der Waals surface area contributed by atoms with E-state index in [-0.39, 0.29) is 12.2 Å². The average Bonchev–Trinajstić information content (AvgIpc) is 3.10. The molecule has 2 aromatic rings. The molecule has 2 unspecified atom stereocenters. The summed E-state index contributed by atoms with van der Waals surface area (Å²) in [5.41, 5.74) is 3.70. The smallest absolute Gasteiger partial charge is 0.194 e. The summed E-state index contributed by atoms with van der Waals surface area (Å²) >= 11 is 1.69. The van der Waals surface area contributed by atoms with Crippen molar-refractivity contribution in [2.45, 2.75) is 59.5 Å².